The number of methoxy groups -OCH3 is 1. The normalized spacial score (nSPS) is 12.1. The van der Waals surface area contributed by atoms with Crippen LogP contribution in [0.5, 0.6) is 0 Å². The molecule has 39 heavy (non-hydrogen) atoms. The molecule has 0 spiro atoms. The van der Waals surface area contributed by atoms with E-state index in [0.29, 0.717) is 37.6 Å². The number of benzene rings is 2. The molecular weight excluding hydrogens is 543 g/mol. The Hall–Kier alpha value is -3.05. The fourth-order valence-electron chi connectivity index (χ4n) is 4.07. The Bertz CT molecular complexity index is 1090. The first-order valence-corrected chi connectivity index (χ1v) is 12.5. The molecule has 0 atom stereocenters. The molecule has 2 aromatic carbocycles. The van der Waals surface area contributed by atoms with Crippen molar-refractivity contribution < 1.29 is 19.1 Å². The quantitative estimate of drug-likeness (QED) is 0.371. The van der Waals surface area contributed by atoms with Crippen molar-refractivity contribution in [3.63, 3.8) is 0 Å². The van der Waals surface area contributed by atoms with Crippen molar-refractivity contribution >= 4 is 54.1 Å². The average molecular weight is 584 g/mol. The number of carbonyl (C=O) groups is 3. The monoisotopic (exact) mass is 582 g/mol. The maximum Gasteiger partial charge on any atom is 0.411 e. The number of likely N-dealkylation sites (N-methyl/N-ethyl adjacent to an activating group) is 1. The third-order valence-electron chi connectivity index (χ3n) is 6.32. The molecule has 0 saturated carbocycles. The van der Waals surface area contributed by atoms with Crippen molar-refractivity contribution in [2.24, 2.45) is 0 Å². The third-order valence-corrected chi connectivity index (χ3v) is 6.32. The number of carbonyl (C=O) groups excluding carboxylic acids is 3. The van der Waals surface area contributed by atoms with Gasteiger partial charge in [0.25, 0.3) is 5.91 Å². The van der Waals surface area contributed by atoms with E-state index in [4.69, 9.17) is 0 Å². The number of aryl methyl sites for hydroxylation is 1. The van der Waals surface area contributed by atoms with E-state index in [1.54, 1.807) is 29.1 Å². The van der Waals surface area contributed by atoms with E-state index >= 15 is 0 Å². The van der Waals surface area contributed by atoms with E-state index in [0.717, 1.165) is 5.56 Å². The summed E-state index contributed by atoms with van der Waals surface area (Å²) in [6.07, 6.45) is -0.571. The van der Waals surface area contributed by atoms with Crippen LogP contribution in [0.1, 0.15) is 30.5 Å². The van der Waals surface area contributed by atoms with Crippen molar-refractivity contribution in [2.45, 2.75) is 39.9 Å². The first kappa shape index (κ1) is 34.0. The first-order valence-electron chi connectivity index (χ1n) is 12.5. The standard InChI is InChI=1S/C27H38N6O4.2ClH/c1-19(2)28-12-13-32(18-26(35)31(4)33-16-21-8-6-7-9-22(21)17-33)25(34)15-29-24-14-23(11-10-20(24)3)30-27(36)37-5;;/h6-11,14,19,28-29H,12-13,15-18H2,1-5H3,(H,30,36);2*1H. The van der Waals surface area contributed by atoms with Crippen LogP contribution in [-0.4, -0.2) is 79.2 Å². The zero-order chi connectivity index (χ0) is 26.9. The number of rotatable bonds is 11. The van der Waals surface area contributed by atoms with Gasteiger partial charge in [0.15, 0.2) is 0 Å². The van der Waals surface area contributed by atoms with E-state index in [1.807, 2.05) is 44.0 Å². The smallest absolute Gasteiger partial charge is 0.411 e. The van der Waals surface area contributed by atoms with Crippen LogP contribution in [0.2, 0.25) is 0 Å². The Balaban J connectivity index is 0.00000380. The van der Waals surface area contributed by atoms with E-state index in [9.17, 15) is 14.4 Å². The second-order valence-corrected chi connectivity index (χ2v) is 9.43. The summed E-state index contributed by atoms with van der Waals surface area (Å²) >= 11 is 0. The minimum atomic E-state index is -0.571. The Kier molecular flexibility index (Phi) is 14.1. The lowest BCUT2D eigenvalue weighted by molar-refractivity contribution is -0.151. The van der Waals surface area contributed by atoms with Crippen molar-refractivity contribution in [3.05, 3.63) is 59.2 Å². The number of hydrogen-bond acceptors (Lipinski definition) is 7. The molecule has 0 fully saturated rings. The predicted octanol–water partition coefficient (Wildman–Crippen LogP) is 3.64. The number of fused-ring (bicyclic) bond motifs is 1. The van der Waals surface area contributed by atoms with Crippen LogP contribution in [0.25, 0.3) is 0 Å². The molecule has 0 aromatic heterocycles. The van der Waals surface area contributed by atoms with Gasteiger partial charge in [0, 0.05) is 50.6 Å². The minimum absolute atomic E-state index is 0. The molecule has 2 aromatic rings. The van der Waals surface area contributed by atoms with Crippen LogP contribution in [0.15, 0.2) is 42.5 Å². The molecule has 10 nitrogen and oxygen atoms in total. The van der Waals surface area contributed by atoms with Crippen molar-refractivity contribution in [3.8, 4) is 0 Å². The van der Waals surface area contributed by atoms with Crippen molar-refractivity contribution in [2.75, 3.05) is 51.0 Å². The second kappa shape index (κ2) is 16.1. The molecule has 12 heteroatoms. The minimum Gasteiger partial charge on any atom is -0.453 e. The molecule has 0 unspecified atom stereocenters. The number of halogens is 2. The molecule has 0 bridgehead atoms. The van der Waals surface area contributed by atoms with Crippen molar-refractivity contribution in [1.29, 1.82) is 0 Å². The van der Waals surface area contributed by atoms with Crippen LogP contribution in [0.3, 0.4) is 0 Å². The summed E-state index contributed by atoms with van der Waals surface area (Å²) in [4.78, 5) is 39.5. The van der Waals surface area contributed by atoms with Gasteiger partial charge in [-0.2, -0.15) is 0 Å². The SMILES string of the molecule is COC(=O)Nc1ccc(C)c(NCC(=O)N(CCNC(C)C)CC(=O)N(C)N2Cc3ccccc3C2)c1.Cl.Cl. The zero-order valence-electron chi connectivity index (χ0n) is 23.2. The van der Waals surface area contributed by atoms with E-state index in [2.05, 4.69) is 32.8 Å². The van der Waals surface area contributed by atoms with Crippen LogP contribution in [-0.2, 0) is 27.4 Å². The van der Waals surface area contributed by atoms with Crippen LogP contribution < -0.4 is 16.0 Å². The second-order valence-electron chi connectivity index (χ2n) is 9.43. The Labute approximate surface area is 243 Å². The fraction of sp³-hybridized carbons (Fsp3) is 0.444. The predicted molar refractivity (Wildman–Crippen MR) is 158 cm³/mol. The molecule has 216 valence electrons. The molecule has 0 radical (unpaired) electrons. The number of amides is 3. The van der Waals surface area contributed by atoms with E-state index in [-0.39, 0.29) is 55.8 Å². The zero-order valence-corrected chi connectivity index (χ0v) is 24.8. The summed E-state index contributed by atoms with van der Waals surface area (Å²) in [7, 11) is 3.05. The number of nitrogens with one attached hydrogen (secondary N) is 3. The lowest BCUT2D eigenvalue weighted by Gasteiger charge is -2.31. The van der Waals surface area contributed by atoms with Gasteiger partial charge in [-0.1, -0.05) is 44.2 Å². The van der Waals surface area contributed by atoms with Gasteiger partial charge in [0.1, 0.15) is 6.54 Å². The number of anilines is 2. The highest BCUT2D eigenvalue weighted by Gasteiger charge is 2.27. The maximum atomic E-state index is 13.2. The summed E-state index contributed by atoms with van der Waals surface area (Å²) in [6, 6.07) is 13.8. The molecule has 3 amide bonds. The highest BCUT2D eigenvalue weighted by molar-refractivity contribution is 5.88. The molecule has 0 saturated heterocycles. The third kappa shape index (κ3) is 9.89. The molecule has 1 aliphatic rings. The molecule has 0 aliphatic carbocycles. The topological polar surface area (TPSA) is 106 Å². The Morgan fingerprint density at radius 1 is 1.03 bits per heavy atom. The Morgan fingerprint density at radius 3 is 2.26 bits per heavy atom. The number of hydrazine groups is 1. The van der Waals surface area contributed by atoms with Gasteiger partial charge < -0.3 is 20.3 Å². The largest absolute Gasteiger partial charge is 0.453 e. The number of ether oxygens (including phenoxy) is 1. The highest BCUT2D eigenvalue weighted by Crippen LogP contribution is 2.23. The summed E-state index contributed by atoms with van der Waals surface area (Å²) in [6.45, 7) is 8.28. The van der Waals surface area contributed by atoms with Gasteiger partial charge >= 0.3 is 6.09 Å². The van der Waals surface area contributed by atoms with Crippen LogP contribution >= 0.6 is 24.8 Å². The van der Waals surface area contributed by atoms with Gasteiger partial charge in [-0.3, -0.25) is 19.9 Å². The lowest BCUT2D eigenvalue weighted by Crippen LogP contribution is -2.49. The fourth-order valence-corrected chi connectivity index (χ4v) is 4.07. The van der Waals surface area contributed by atoms with E-state index in [1.165, 1.54) is 18.2 Å². The van der Waals surface area contributed by atoms with Gasteiger partial charge in [-0.05, 0) is 35.7 Å². The maximum absolute atomic E-state index is 13.2. The van der Waals surface area contributed by atoms with Crippen molar-refractivity contribution in [1.82, 2.24) is 20.2 Å². The average Bonchev–Trinajstić information content (AvgIpc) is 3.31. The molecule has 1 aliphatic heterocycles. The van der Waals surface area contributed by atoms with Crippen LogP contribution in [0.4, 0.5) is 16.2 Å². The van der Waals surface area contributed by atoms with Gasteiger partial charge in [-0.15, -0.1) is 24.8 Å². The highest BCUT2D eigenvalue weighted by atomic mass is 35.5. The lowest BCUT2D eigenvalue weighted by atomic mass is 10.1. The Morgan fingerprint density at radius 2 is 1.67 bits per heavy atom. The molecule has 3 rings (SSSR count). The van der Waals surface area contributed by atoms with Crippen LogP contribution in [0, 0.1) is 6.92 Å². The summed E-state index contributed by atoms with van der Waals surface area (Å²) in [5, 5.41) is 12.7. The number of nitrogens with zero attached hydrogens (tertiary/aromatic N) is 3. The van der Waals surface area contributed by atoms with Gasteiger partial charge in [-0.25, -0.2) is 9.80 Å². The molecular formula is C27H40Cl2N6O4. The first-order chi connectivity index (χ1) is 17.7. The summed E-state index contributed by atoms with van der Waals surface area (Å²) in [5.74, 6) is -0.339. The van der Waals surface area contributed by atoms with E-state index < -0.39 is 6.09 Å². The summed E-state index contributed by atoms with van der Waals surface area (Å²) in [5.41, 5.74) is 4.59. The number of hydrogen-bond donors (Lipinski definition) is 3. The van der Waals surface area contributed by atoms with Gasteiger partial charge in [0.2, 0.25) is 5.91 Å². The summed E-state index contributed by atoms with van der Waals surface area (Å²) < 4.78 is 4.64. The molecule has 3 N–H and O–H groups in total. The van der Waals surface area contributed by atoms with Gasteiger partial charge in [0.05, 0.1) is 13.7 Å². The molecule has 1 heterocycles.